The van der Waals surface area contributed by atoms with Crippen LogP contribution in [0.4, 0.5) is 4.39 Å². The number of benzene rings is 1. The molecule has 1 unspecified atom stereocenters. The number of hydrogen-bond donors (Lipinski definition) is 0. The van der Waals surface area contributed by atoms with Crippen LogP contribution in [-0.2, 0) is 11.3 Å². The largest absolute Gasteiger partial charge is 0.348 e. The third kappa shape index (κ3) is 2.75. The van der Waals surface area contributed by atoms with E-state index in [0.717, 1.165) is 12.2 Å². The summed E-state index contributed by atoms with van der Waals surface area (Å²) in [5.41, 5.74) is 1.84. The molecule has 108 valence electrons. The topological polar surface area (TPSA) is 25.2 Å². The maximum absolute atomic E-state index is 13.1. The Hall–Kier alpha value is -2.36. The molecule has 0 aliphatic carbocycles. The molecule has 2 heterocycles. The number of hydrogen-bond acceptors (Lipinski definition) is 1. The highest BCUT2D eigenvalue weighted by molar-refractivity contribution is 5.92. The molecule has 0 saturated carbocycles. The second kappa shape index (κ2) is 5.56. The molecule has 1 aromatic carbocycles. The van der Waals surface area contributed by atoms with Gasteiger partial charge in [-0.05, 0) is 42.8 Å². The second-order valence-electron chi connectivity index (χ2n) is 5.22. The Morgan fingerprint density at radius 1 is 1.29 bits per heavy atom. The number of nitrogens with zero attached hydrogens (tertiary/aromatic N) is 2. The number of aromatic nitrogens is 1. The monoisotopic (exact) mass is 284 g/mol. The molecule has 1 aromatic heterocycles. The van der Waals surface area contributed by atoms with Gasteiger partial charge in [-0.2, -0.15) is 0 Å². The van der Waals surface area contributed by atoms with Gasteiger partial charge in [-0.25, -0.2) is 4.39 Å². The van der Waals surface area contributed by atoms with Gasteiger partial charge in [-0.3, -0.25) is 4.79 Å². The van der Waals surface area contributed by atoms with E-state index in [0.29, 0.717) is 12.1 Å². The van der Waals surface area contributed by atoms with E-state index in [-0.39, 0.29) is 17.8 Å². The Labute approximate surface area is 123 Å². The lowest BCUT2D eigenvalue weighted by atomic mass is 10.1. The summed E-state index contributed by atoms with van der Waals surface area (Å²) in [5, 5.41) is 0. The molecule has 3 nitrogen and oxygen atoms in total. The van der Waals surface area contributed by atoms with Crippen molar-refractivity contribution in [1.82, 2.24) is 9.47 Å². The summed E-state index contributed by atoms with van der Waals surface area (Å²) in [4.78, 5) is 14.2. The Morgan fingerprint density at radius 3 is 2.95 bits per heavy atom. The standard InChI is InChI=1S/C17H17FN2O/c1-13-16-6-3-9-19(16)10-11-20(13)17(21)8-7-14-4-2-5-15(18)12-14/h2-9,12-13H,10-11H2,1H3. The third-order valence-electron chi connectivity index (χ3n) is 3.89. The first-order valence-corrected chi connectivity index (χ1v) is 7.04. The van der Waals surface area contributed by atoms with E-state index in [9.17, 15) is 9.18 Å². The fraction of sp³-hybridized carbons (Fsp3) is 0.235. The molecule has 3 rings (SSSR count). The highest BCUT2D eigenvalue weighted by Crippen LogP contribution is 2.25. The van der Waals surface area contributed by atoms with Gasteiger partial charge in [-0.1, -0.05) is 12.1 Å². The molecule has 1 aliphatic heterocycles. The van der Waals surface area contributed by atoms with Crippen molar-refractivity contribution in [1.29, 1.82) is 0 Å². The molecule has 2 aromatic rings. The van der Waals surface area contributed by atoms with Crippen LogP contribution >= 0.6 is 0 Å². The molecular weight excluding hydrogens is 267 g/mol. The zero-order valence-corrected chi connectivity index (χ0v) is 11.9. The first-order chi connectivity index (χ1) is 10.1. The second-order valence-corrected chi connectivity index (χ2v) is 5.22. The van der Waals surface area contributed by atoms with Gasteiger partial charge < -0.3 is 9.47 Å². The Balaban J connectivity index is 1.74. The molecule has 1 amide bonds. The number of carbonyl (C=O) groups is 1. The van der Waals surface area contributed by atoms with Crippen molar-refractivity contribution in [3.05, 3.63) is 65.7 Å². The number of fused-ring (bicyclic) bond motifs is 1. The predicted octanol–water partition coefficient (Wildman–Crippen LogP) is 3.24. The lowest BCUT2D eigenvalue weighted by Gasteiger charge is -2.34. The first-order valence-electron chi connectivity index (χ1n) is 7.04. The van der Waals surface area contributed by atoms with Crippen LogP contribution in [0.5, 0.6) is 0 Å². The summed E-state index contributed by atoms with van der Waals surface area (Å²) in [6.45, 7) is 3.53. The Bertz CT molecular complexity index is 690. The number of halogens is 1. The molecule has 0 saturated heterocycles. The van der Waals surface area contributed by atoms with Gasteiger partial charge in [0.2, 0.25) is 5.91 Å². The lowest BCUT2D eigenvalue weighted by Crippen LogP contribution is -2.39. The highest BCUT2D eigenvalue weighted by atomic mass is 19.1. The molecule has 0 N–H and O–H groups in total. The SMILES string of the molecule is CC1c2cccn2CCN1C(=O)C=Cc1cccc(F)c1. The molecule has 0 radical (unpaired) electrons. The summed E-state index contributed by atoms with van der Waals surface area (Å²) < 4.78 is 15.3. The third-order valence-corrected chi connectivity index (χ3v) is 3.89. The number of carbonyl (C=O) groups excluding carboxylic acids is 1. The summed E-state index contributed by atoms with van der Waals surface area (Å²) in [6, 6.07) is 10.3. The van der Waals surface area contributed by atoms with Crippen molar-refractivity contribution in [2.45, 2.75) is 19.5 Å². The maximum atomic E-state index is 13.1. The van der Waals surface area contributed by atoms with Gasteiger partial charge in [0.1, 0.15) is 5.82 Å². The van der Waals surface area contributed by atoms with Crippen molar-refractivity contribution >= 4 is 12.0 Å². The van der Waals surface area contributed by atoms with E-state index in [4.69, 9.17) is 0 Å². The van der Waals surface area contributed by atoms with Crippen LogP contribution in [0, 0.1) is 5.82 Å². The molecule has 4 heteroatoms. The fourth-order valence-electron chi connectivity index (χ4n) is 2.75. The normalized spacial score (nSPS) is 18.0. The Morgan fingerprint density at radius 2 is 2.14 bits per heavy atom. The smallest absolute Gasteiger partial charge is 0.247 e. The van der Waals surface area contributed by atoms with Crippen LogP contribution in [-0.4, -0.2) is 21.9 Å². The van der Waals surface area contributed by atoms with Crippen LogP contribution in [0.3, 0.4) is 0 Å². The van der Waals surface area contributed by atoms with Crippen LogP contribution < -0.4 is 0 Å². The van der Waals surface area contributed by atoms with Crippen LogP contribution in [0.25, 0.3) is 6.08 Å². The Kier molecular flexibility index (Phi) is 3.60. The average Bonchev–Trinajstić information content (AvgIpc) is 2.95. The van der Waals surface area contributed by atoms with E-state index in [1.54, 1.807) is 18.2 Å². The van der Waals surface area contributed by atoms with E-state index < -0.39 is 0 Å². The van der Waals surface area contributed by atoms with Crippen LogP contribution in [0.15, 0.2) is 48.7 Å². The zero-order chi connectivity index (χ0) is 14.8. The van der Waals surface area contributed by atoms with Gasteiger partial charge in [0.15, 0.2) is 0 Å². The summed E-state index contributed by atoms with van der Waals surface area (Å²) in [7, 11) is 0. The first kappa shape index (κ1) is 13.6. The van der Waals surface area contributed by atoms with Crippen molar-refractivity contribution in [2.75, 3.05) is 6.54 Å². The van der Waals surface area contributed by atoms with Crippen molar-refractivity contribution in [2.24, 2.45) is 0 Å². The van der Waals surface area contributed by atoms with Crippen LogP contribution in [0.2, 0.25) is 0 Å². The number of amides is 1. The zero-order valence-electron chi connectivity index (χ0n) is 11.9. The minimum absolute atomic E-state index is 0.0424. The van der Waals surface area contributed by atoms with E-state index >= 15 is 0 Å². The summed E-state index contributed by atoms with van der Waals surface area (Å²) in [5.74, 6) is -0.340. The van der Waals surface area contributed by atoms with Crippen molar-refractivity contribution in [3.63, 3.8) is 0 Å². The number of rotatable bonds is 2. The van der Waals surface area contributed by atoms with Gasteiger partial charge in [-0.15, -0.1) is 0 Å². The minimum atomic E-state index is -0.297. The van der Waals surface area contributed by atoms with E-state index in [1.807, 2.05) is 30.2 Å². The molecule has 0 fully saturated rings. The molecular formula is C17H17FN2O. The van der Waals surface area contributed by atoms with Gasteiger partial charge in [0.25, 0.3) is 0 Å². The summed E-state index contributed by atoms with van der Waals surface area (Å²) >= 11 is 0. The van der Waals surface area contributed by atoms with Crippen molar-refractivity contribution in [3.8, 4) is 0 Å². The van der Waals surface area contributed by atoms with Gasteiger partial charge in [0.05, 0.1) is 6.04 Å². The molecule has 0 bridgehead atoms. The van der Waals surface area contributed by atoms with Crippen LogP contribution in [0.1, 0.15) is 24.2 Å². The fourth-order valence-corrected chi connectivity index (χ4v) is 2.75. The van der Waals surface area contributed by atoms with Crippen molar-refractivity contribution < 1.29 is 9.18 Å². The molecule has 21 heavy (non-hydrogen) atoms. The van der Waals surface area contributed by atoms with Gasteiger partial charge in [0, 0.05) is 31.1 Å². The highest BCUT2D eigenvalue weighted by Gasteiger charge is 2.25. The van der Waals surface area contributed by atoms with E-state index in [1.165, 1.54) is 18.2 Å². The molecule has 1 aliphatic rings. The lowest BCUT2D eigenvalue weighted by molar-refractivity contribution is -0.129. The average molecular weight is 284 g/mol. The molecule has 0 spiro atoms. The quantitative estimate of drug-likeness (QED) is 0.777. The minimum Gasteiger partial charge on any atom is -0.348 e. The van der Waals surface area contributed by atoms with Gasteiger partial charge >= 0.3 is 0 Å². The predicted molar refractivity (Wildman–Crippen MR) is 80.0 cm³/mol. The maximum Gasteiger partial charge on any atom is 0.247 e. The van der Waals surface area contributed by atoms with E-state index in [2.05, 4.69) is 4.57 Å². The summed E-state index contributed by atoms with van der Waals surface area (Å²) in [6.07, 6.45) is 5.21. The molecule has 1 atom stereocenters.